The van der Waals surface area contributed by atoms with E-state index < -0.39 is 5.10 Å². The van der Waals surface area contributed by atoms with Crippen molar-refractivity contribution < 1.29 is 0 Å². The van der Waals surface area contributed by atoms with E-state index in [1.807, 2.05) is 18.2 Å². The van der Waals surface area contributed by atoms with Crippen LogP contribution >= 0.6 is 38.6 Å². The van der Waals surface area contributed by atoms with Gasteiger partial charge in [0, 0.05) is 4.90 Å². The largest absolute Gasteiger partial charge is 0.105 e. The molecule has 1 aromatic rings. The zero-order chi connectivity index (χ0) is 8.10. The van der Waals surface area contributed by atoms with E-state index in [0.29, 0.717) is 0 Å². The molecule has 0 aliphatic heterocycles. The van der Waals surface area contributed by atoms with Crippen LogP contribution < -0.4 is 0 Å². The third-order valence-electron chi connectivity index (χ3n) is 1.02. The van der Waals surface area contributed by atoms with Crippen molar-refractivity contribution in [1.29, 1.82) is 0 Å². The van der Waals surface area contributed by atoms with Gasteiger partial charge in [0.1, 0.15) is 0 Å². The minimum absolute atomic E-state index is 0.800. The van der Waals surface area contributed by atoms with Crippen molar-refractivity contribution in [3.63, 3.8) is 0 Å². The topological polar surface area (TPSA) is 0 Å². The Hall–Kier alpha value is 0.920. The summed E-state index contributed by atoms with van der Waals surface area (Å²) in [5, 5.41) is -0.800. The van der Waals surface area contributed by atoms with Crippen LogP contribution in [0.5, 0.6) is 0 Å². The third-order valence-corrected chi connectivity index (χ3v) is 10.4. The Balaban J connectivity index is 2.58. The van der Waals surface area contributed by atoms with Crippen molar-refractivity contribution in [1.82, 2.24) is 0 Å². The van der Waals surface area contributed by atoms with Gasteiger partial charge in [-0.15, -0.1) is 11.7 Å². The van der Waals surface area contributed by atoms with Crippen LogP contribution in [0.2, 0.25) is 0 Å². The molecule has 0 aliphatic carbocycles. The molecule has 0 bridgehead atoms. The van der Waals surface area contributed by atoms with Crippen LogP contribution in [0.4, 0.5) is 0 Å². The van der Waals surface area contributed by atoms with Crippen LogP contribution in [0.25, 0.3) is 0 Å². The molecule has 1 unspecified atom stereocenters. The first-order valence-electron chi connectivity index (χ1n) is 2.91. The molecule has 60 valence electrons. The van der Waals surface area contributed by atoms with Gasteiger partial charge in [-0.3, -0.25) is 0 Å². The molecule has 0 aromatic heterocycles. The minimum atomic E-state index is -0.800. The van der Waals surface area contributed by atoms with Crippen LogP contribution in [0.15, 0.2) is 35.2 Å². The van der Waals surface area contributed by atoms with E-state index in [2.05, 4.69) is 23.8 Å². The molecule has 0 nitrogen and oxygen atoms in total. The average Bonchev–Trinajstić information content (AvgIpc) is 2.06. The number of benzene rings is 1. The Morgan fingerprint density at radius 1 is 1.27 bits per heavy atom. The normalized spacial score (nSPS) is 12.8. The van der Waals surface area contributed by atoms with Gasteiger partial charge in [-0.25, -0.2) is 0 Å². The van der Waals surface area contributed by atoms with Crippen molar-refractivity contribution in [2.75, 3.05) is 0 Å². The van der Waals surface area contributed by atoms with Gasteiger partial charge in [-0.2, -0.15) is 0 Å². The average molecular weight is 238 g/mol. The summed E-state index contributed by atoms with van der Waals surface area (Å²) in [5.74, 6) is 0. The Labute approximate surface area is 85.3 Å². The Kier molecular flexibility index (Phi) is 5.04. The second-order valence-corrected chi connectivity index (χ2v) is 11.9. The molecule has 5 heteroatoms. The highest BCUT2D eigenvalue weighted by atomic mass is 33.5. The van der Waals surface area contributed by atoms with Gasteiger partial charge in [-0.1, -0.05) is 51.8 Å². The summed E-state index contributed by atoms with van der Waals surface area (Å²) in [6, 6.07) is 10.2. The molecule has 0 aliphatic rings. The van der Waals surface area contributed by atoms with Gasteiger partial charge in [0.15, 0.2) is 0 Å². The van der Waals surface area contributed by atoms with E-state index in [4.69, 9.17) is 11.8 Å². The summed E-state index contributed by atoms with van der Waals surface area (Å²) in [7, 11) is 1.49. The zero-order valence-electron chi connectivity index (χ0n) is 5.56. The Morgan fingerprint density at radius 2 is 1.91 bits per heavy atom. The van der Waals surface area contributed by atoms with Crippen molar-refractivity contribution >= 4 is 50.4 Å². The summed E-state index contributed by atoms with van der Waals surface area (Å²) >= 11 is 11.0. The van der Waals surface area contributed by atoms with Gasteiger partial charge >= 0.3 is 0 Å². The zero-order valence-corrected chi connectivity index (χ0v) is 9.90. The van der Waals surface area contributed by atoms with Crippen LogP contribution in [0.3, 0.4) is 0 Å². The summed E-state index contributed by atoms with van der Waals surface area (Å²) in [6.07, 6.45) is 0. The first-order chi connectivity index (χ1) is 5.33. The maximum atomic E-state index is 5.17. The quantitative estimate of drug-likeness (QED) is 0.483. The van der Waals surface area contributed by atoms with Gasteiger partial charge in [-0.05, 0) is 12.1 Å². The fraction of sp³-hybridized carbons (Fsp3) is 0. The maximum absolute atomic E-state index is 5.17. The van der Waals surface area contributed by atoms with Gasteiger partial charge in [0.2, 0.25) is 0 Å². The summed E-state index contributed by atoms with van der Waals surface area (Å²) in [4.78, 5) is 1.25. The second kappa shape index (κ2) is 5.55. The standard InChI is InChI=1S/C6H7PS4/c8-7(11-9)10-6-4-2-1-3-5-6/h1-5,7,9H. The monoisotopic (exact) mass is 238 g/mol. The van der Waals surface area contributed by atoms with E-state index in [1.165, 1.54) is 15.3 Å². The summed E-state index contributed by atoms with van der Waals surface area (Å²) in [6.45, 7) is 0. The molecule has 1 rings (SSSR count). The molecule has 0 saturated heterocycles. The highest BCUT2D eigenvalue weighted by Crippen LogP contribution is 2.55. The van der Waals surface area contributed by atoms with Crippen molar-refractivity contribution in [3.8, 4) is 0 Å². The van der Waals surface area contributed by atoms with E-state index in [-0.39, 0.29) is 0 Å². The van der Waals surface area contributed by atoms with Gasteiger partial charge in [0.25, 0.3) is 0 Å². The molecule has 0 saturated carbocycles. The molecular weight excluding hydrogens is 231 g/mol. The summed E-state index contributed by atoms with van der Waals surface area (Å²) in [5.41, 5.74) is 0. The molecule has 0 heterocycles. The first kappa shape index (κ1) is 10.0. The SMILES string of the molecule is S=[PH](SS)Sc1ccccc1. The van der Waals surface area contributed by atoms with Crippen LogP contribution in [0, 0.1) is 0 Å². The molecule has 0 fully saturated rings. The molecule has 1 aromatic carbocycles. The van der Waals surface area contributed by atoms with E-state index >= 15 is 0 Å². The number of rotatable bonds is 3. The fourth-order valence-corrected chi connectivity index (χ4v) is 5.30. The third kappa shape index (κ3) is 3.90. The molecule has 0 N–H and O–H groups in total. The molecule has 0 amide bonds. The Morgan fingerprint density at radius 3 is 2.45 bits per heavy atom. The maximum Gasteiger partial charge on any atom is 0.0603 e. The lowest BCUT2D eigenvalue weighted by Crippen LogP contribution is -1.61. The minimum Gasteiger partial charge on any atom is -0.105 e. The lowest BCUT2D eigenvalue weighted by Gasteiger charge is -1.98. The lowest BCUT2D eigenvalue weighted by atomic mass is 10.4. The highest BCUT2D eigenvalue weighted by Gasteiger charge is 1.94. The molecule has 1 atom stereocenters. The predicted molar refractivity (Wildman–Crippen MR) is 64.6 cm³/mol. The Bertz CT molecular complexity index is 236. The second-order valence-electron chi connectivity index (χ2n) is 1.76. The van der Waals surface area contributed by atoms with Crippen LogP contribution in [-0.4, -0.2) is 0 Å². The van der Waals surface area contributed by atoms with Crippen LogP contribution in [0.1, 0.15) is 0 Å². The van der Waals surface area contributed by atoms with Gasteiger partial charge in [0.05, 0.1) is 5.10 Å². The fourth-order valence-electron chi connectivity index (χ4n) is 0.603. The molecule has 11 heavy (non-hydrogen) atoms. The lowest BCUT2D eigenvalue weighted by molar-refractivity contribution is 1.48. The van der Waals surface area contributed by atoms with E-state index in [0.717, 1.165) is 0 Å². The molecular formula is C6H7PS4. The van der Waals surface area contributed by atoms with E-state index in [1.54, 1.807) is 11.4 Å². The summed E-state index contributed by atoms with van der Waals surface area (Å²) < 4.78 is 0. The highest BCUT2D eigenvalue weighted by molar-refractivity contribution is 9.11. The predicted octanol–water partition coefficient (Wildman–Crippen LogP) is 3.86. The number of thiol groups is 1. The van der Waals surface area contributed by atoms with Gasteiger partial charge < -0.3 is 0 Å². The smallest absolute Gasteiger partial charge is 0.0603 e. The number of hydrogen-bond donors (Lipinski definition) is 1. The molecule has 0 spiro atoms. The van der Waals surface area contributed by atoms with Crippen LogP contribution in [-0.2, 0) is 11.8 Å². The molecule has 0 radical (unpaired) electrons. The van der Waals surface area contributed by atoms with Crippen molar-refractivity contribution in [2.45, 2.75) is 4.90 Å². The van der Waals surface area contributed by atoms with Crippen molar-refractivity contribution in [2.24, 2.45) is 0 Å². The van der Waals surface area contributed by atoms with Crippen molar-refractivity contribution in [3.05, 3.63) is 30.3 Å². The first-order valence-corrected chi connectivity index (χ1v) is 9.68. The number of hydrogen-bond acceptors (Lipinski definition) is 4. The van der Waals surface area contributed by atoms with E-state index in [9.17, 15) is 0 Å².